The summed E-state index contributed by atoms with van der Waals surface area (Å²) in [7, 11) is 0. The van der Waals surface area contributed by atoms with Gasteiger partial charge in [0, 0.05) is 0 Å². The van der Waals surface area contributed by atoms with E-state index >= 15 is 0 Å². The first-order valence-electron chi connectivity index (χ1n) is 3.52. The minimum Gasteiger partial charge on any atom is -0.294 e. The van der Waals surface area contributed by atoms with Crippen molar-refractivity contribution in [1.29, 1.82) is 0 Å². The molecule has 2 radical (unpaired) electrons. The average molecular weight is 344 g/mol. The molecule has 0 saturated carbocycles. The molecule has 0 fully saturated rings. The monoisotopic (exact) mass is 344 g/mol. The van der Waals surface area contributed by atoms with Crippen LogP contribution in [0.2, 0.25) is 0 Å². The zero-order chi connectivity index (χ0) is 12.9. The van der Waals surface area contributed by atoms with Crippen molar-refractivity contribution in [2.24, 2.45) is 0 Å². The molecule has 0 aromatic heterocycles. The zero-order valence-electron chi connectivity index (χ0n) is 8.09. The smallest absolute Gasteiger partial charge is 0.294 e. The Labute approximate surface area is 119 Å². The molecule has 0 bridgehead atoms. The second kappa shape index (κ2) is 9.41. The number of hydrogen-bond donors (Lipinski definition) is 0. The van der Waals surface area contributed by atoms with E-state index in [1.165, 1.54) is 0 Å². The summed E-state index contributed by atoms with van der Waals surface area (Å²) in [6.45, 7) is 0. The van der Waals surface area contributed by atoms with Gasteiger partial charge < -0.3 is 0 Å². The fraction of sp³-hybridized carbons (Fsp3) is 0. The van der Waals surface area contributed by atoms with Crippen molar-refractivity contribution < 1.29 is 71.9 Å². The first kappa shape index (κ1) is 21.6. The van der Waals surface area contributed by atoms with Gasteiger partial charge in [-0.2, -0.15) is 0 Å². The van der Waals surface area contributed by atoms with Gasteiger partial charge in [0.05, 0.1) is 0 Å². The molecule has 10 heteroatoms. The summed E-state index contributed by atoms with van der Waals surface area (Å²) in [5.74, 6) is -12.0. The maximum absolute atomic E-state index is 10.7. The summed E-state index contributed by atoms with van der Waals surface area (Å²) >= 11 is 0. The summed E-state index contributed by atoms with van der Waals surface area (Å²) in [5, 5.41) is 0. The van der Waals surface area contributed by atoms with Crippen LogP contribution in [0.3, 0.4) is 0 Å². The molecule has 0 rings (SSSR count). The van der Waals surface area contributed by atoms with E-state index in [1.807, 2.05) is 0 Å². The van der Waals surface area contributed by atoms with Gasteiger partial charge in [-0.1, -0.05) is 0 Å². The van der Waals surface area contributed by atoms with Gasteiger partial charge in [-0.05, 0) is 0 Å². The van der Waals surface area contributed by atoms with Crippen LogP contribution in [0.1, 0.15) is 0 Å². The topological polar surface area (TPSA) is 137 Å². The minimum atomic E-state index is -2.13. The molecule has 0 amide bonds. The van der Waals surface area contributed by atoms with Crippen LogP contribution < -0.4 is 0 Å². The average Bonchev–Trinajstić information content (AvgIpc) is 2.32. The maximum Gasteiger partial charge on any atom is 2.00 e. The molecule has 0 atom stereocenters. The summed E-state index contributed by atoms with van der Waals surface area (Å²) < 4.78 is 0. The zero-order valence-corrected chi connectivity index (χ0v) is 10.2. The molecule has 0 unspecified atom stereocenters. The molecule has 0 aromatic rings. The Morgan fingerprint density at radius 1 is 0.500 bits per heavy atom. The summed E-state index contributed by atoms with van der Waals surface area (Å²) in [4.78, 5) is 83.0. The van der Waals surface area contributed by atoms with Crippen LogP contribution in [0.5, 0.6) is 0 Å². The molecular formula is C8H2Co2O8+4. The van der Waals surface area contributed by atoms with Crippen molar-refractivity contribution in [3.8, 4) is 0 Å². The fourth-order valence-corrected chi connectivity index (χ4v) is 0.537. The predicted molar refractivity (Wildman–Crippen MR) is 42.2 cm³/mol. The first-order valence-corrected chi connectivity index (χ1v) is 3.52. The Hall–Kier alpha value is -1.63. The number of ketones is 6. The third-order valence-electron chi connectivity index (χ3n) is 1.28. The second-order valence-corrected chi connectivity index (χ2v) is 2.28. The summed E-state index contributed by atoms with van der Waals surface area (Å²) in [6, 6.07) is 0. The van der Waals surface area contributed by atoms with Gasteiger partial charge in [0.15, 0.2) is 12.6 Å². The van der Waals surface area contributed by atoms with Gasteiger partial charge in [-0.3, -0.25) is 38.4 Å². The van der Waals surface area contributed by atoms with Crippen molar-refractivity contribution in [2.45, 2.75) is 0 Å². The van der Waals surface area contributed by atoms with Crippen molar-refractivity contribution in [3.63, 3.8) is 0 Å². The molecule has 0 spiro atoms. The molecular weight excluding hydrogens is 342 g/mol. The molecule has 0 saturated heterocycles. The van der Waals surface area contributed by atoms with E-state index in [2.05, 4.69) is 0 Å². The van der Waals surface area contributed by atoms with Crippen molar-refractivity contribution in [3.05, 3.63) is 0 Å². The molecule has 18 heavy (non-hydrogen) atoms. The van der Waals surface area contributed by atoms with Crippen molar-refractivity contribution >= 4 is 47.3 Å². The fourth-order valence-electron chi connectivity index (χ4n) is 0.537. The van der Waals surface area contributed by atoms with E-state index in [9.17, 15) is 38.4 Å². The number of Topliss-reactive ketones (excluding diaryl/α,β-unsaturated/α-hetero) is 6. The number of carbonyl (C=O) groups is 8. The van der Waals surface area contributed by atoms with E-state index in [4.69, 9.17) is 0 Å². The molecule has 0 aliphatic rings. The molecule has 0 aromatic carbocycles. The number of aldehydes is 2. The van der Waals surface area contributed by atoms with Crippen LogP contribution in [0, 0.1) is 0 Å². The van der Waals surface area contributed by atoms with Gasteiger partial charge >= 0.3 is 33.6 Å². The summed E-state index contributed by atoms with van der Waals surface area (Å²) in [6.07, 6.45) is -1.06. The molecule has 0 aliphatic carbocycles. The minimum absolute atomic E-state index is 0. The predicted octanol–water partition coefficient (Wildman–Crippen LogP) is -3.21. The molecule has 0 heterocycles. The van der Waals surface area contributed by atoms with E-state index in [0.29, 0.717) is 0 Å². The van der Waals surface area contributed by atoms with E-state index < -0.39 is 47.3 Å². The Morgan fingerprint density at radius 3 is 0.889 bits per heavy atom. The van der Waals surface area contributed by atoms with Crippen LogP contribution in [0.15, 0.2) is 0 Å². The Kier molecular flexibility index (Phi) is 11.3. The first-order chi connectivity index (χ1) is 7.36. The van der Waals surface area contributed by atoms with Crippen LogP contribution in [-0.4, -0.2) is 47.3 Å². The van der Waals surface area contributed by atoms with Gasteiger partial charge in [-0.25, -0.2) is 0 Å². The third kappa shape index (κ3) is 5.14. The Balaban J connectivity index is -0.00000112. The quantitative estimate of drug-likeness (QED) is 0.267. The van der Waals surface area contributed by atoms with Crippen molar-refractivity contribution in [1.82, 2.24) is 0 Å². The van der Waals surface area contributed by atoms with Crippen molar-refractivity contribution in [2.75, 3.05) is 0 Å². The molecule has 0 aliphatic heterocycles. The van der Waals surface area contributed by atoms with E-state index in [1.54, 1.807) is 0 Å². The number of hydrogen-bond acceptors (Lipinski definition) is 8. The summed E-state index contributed by atoms with van der Waals surface area (Å²) in [5.41, 5.74) is 0. The van der Waals surface area contributed by atoms with Gasteiger partial charge in [-0.15, -0.1) is 0 Å². The van der Waals surface area contributed by atoms with E-state index in [-0.39, 0.29) is 33.6 Å². The Bertz CT molecular complexity index is 408. The SMILES string of the molecule is O=CC(=O)C(=O)C(=O)C(=O)C(=O)C(=O)C=O.[Co+2].[Co+2]. The van der Waals surface area contributed by atoms with Gasteiger partial charge in [0.25, 0.3) is 34.7 Å². The maximum atomic E-state index is 10.7. The largest absolute Gasteiger partial charge is 2.00 e. The molecule has 0 N–H and O–H groups in total. The van der Waals surface area contributed by atoms with Crippen LogP contribution in [-0.2, 0) is 71.9 Å². The van der Waals surface area contributed by atoms with Crippen LogP contribution in [0.4, 0.5) is 0 Å². The Morgan fingerprint density at radius 2 is 0.722 bits per heavy atom. The van der Waals surface area contributed by atoms with Gasteiger partial charge in [0.2, 0.25) is 0 Å². The standard InChI is InChI=1S/C8H2O8.2Co/c9-1-3(11)5(13)7(15)8(16)6(14)4(12)2-10;;/h1-2H;;/q;2*+2. The third-order valence-corrected chi connectivity index (χ3v) is 1.28. The number of rotatable bonds is 7. The molecule has 96 valence electrons. The van der Waals surface area contributed by atoms with E-state index in [0.717, 1.165) is 0 Å². The van der Waals surface area contributed by atoms with Gasteiger partial charge in [0.1, 0.15) is 0 Å². The number of carbonyl (C=O) groups excluding carboxylic acids is 8. The normalized spacial score (nSPS) is 7.78. The van der Waals surface area contributed by atoms with Crippen LogP contribution >= 0.6 is 0 Å². The molecule has 8 nitrogen and oxygen atoms in total. The van der Waals surface area contributed by atoms with Crippen LogP contribution in [0.25, 0.3) is 0 Å². The second-order valence-electron chi connectivity index (χ2n) is 2.28.